The van der Waals surface area contributed by atoms with Crippen molar-refractivity contribution in [3.8, 4) is 6.07 Å². The number of nitriles is 1. The minimum absolute atomic E-state index is 0.187. The van der Waals surface area contributed by atoms with Crippen molar-refractivity contribution >= 4 is 11.6 Å². The normalized spacial score (nSPS) is 18.2. The van der Waals surface area contributed by atoms with E-state index in [4.69, 9.17) is 8.94 Å². The van der Waals surface area contributed by atoms with Gasteiger partial charge in [-0.3, -0.25) is 0 Å². The minimum Gasteiger partial charge on any atom is -0.461 e. The SMILES string of the molecule is C[C@@H]1C[C@H]1c1ccc(/C=C(\C#N)c2nc(C(c3ccccc3)c3ccccc3)no2)o1. The zero-order valence-electron chi connectivity index (χ0n) is 17.1. The Kier molecular flexibility index (Phi) is 4.97. The van der Waals surface area contributed by atoms with Crippen LogP contribution in [0.4, 0.5) is 0 Å². The first kappa shape index (κ1) is 19.1. The molecule has 1 saturated carbocycles. The molecule has 5 rings (SSSR count). The molecule has 1 fully saturated rings. The summed E-state index contributed by atoms with van der Waals surface area (Å²) in [6.07, 6.45) is 2.81. The maximum absolute atomic E-state index is 9.71. The molecule has 4 aromatic rings. The summed E-state index contributed by atoms with van der Waals surface area (Å²) in [6.45, 7) is 2.21. The Hall–Kier alpha value is -3.91. The van der Waals surface area contributed by atoms with Crippen molar-refractivity contribution in [2.45, 2.75) is 25.2 Å². The van der Waals surface area contributed by atoms with E-state index in [1.54, 1.807) is 6.08 Å². The number of nitrogens with zero attached hydrogens (tertiary/aromatic N) is 3. The summed E-state index contributed by atoms with van der Waals surface area (Å²) in [7, 11) is 0. The minimum atomic E-state index is -0.189. The second-order valence-corrected chi connectivity index (χ2v) is 7.94. The lowest BCUT2D eigenvalue weighted by Crippen LogP contribution is -2.05. The Bertz CT molecular complexity index is 1210. The maximum atomic E-state index is 9.71. The van der Waals surface area contributed by atoms with E-state index >= 15 is 0 Å². The highest BCUT2D eigenvalue weighted by Gasteiger charge is 2.36. The van der Waals surface area contributed by atoms with Crippen LogP contribution in [0.1, 0.15) is 59.5 Å². The van der Waals surface area contributed by atoms with Crippen LogP contribution in [-0.4, -0.2) is 10.1 Å². The molecule has 31 heavy (non-hydrogen) atoms. The molecule has 1 aliphatic rings. The van der Waals surface area contributed by atoms with Gasteiger partial charge in [-0.2, -0.15) is 10.2 Å². The van der Waals surface area contributed by atoms with Gasteiger partial charge in [0, 0.05) is 12.0 Å². The molecule has 0 radical (unpaired) electrons. The van der Waals surface area contributed by atoms with Crippen molar-refractivity contribution in [3.05, 3.63) is 107 Å². The van der Waals surface area contributed by atoms with Gasteiger partial charge in [0.15, 0.2) is 5.82 Å². The van der Waals surface area contributed by atoms with Crippen molar-refractivity contribution in [1.82, 2.24) is 10.1 Å². The van der Waals surface area contributed by atoms with Gasteiger partial charge in [-0.05, 0) is 35.6 Å². The summed E-state index contributed by atoms with van der Waals surface area (Å²) in [5.74, 6) is 3.24. The van der Waals surface area contributed by atoms with E-state index in [0.29, 0.717) is 23.4 Å². The van der Waals surface area contributed by atoms with Crippen LogP contribution < -0.4 is 0 Å². The number of benzene rings is 2. The van der Waals surface area contributed by atoms with Gasteiger partial charge in [0.05, 0.1) is 5.92 Å². The number of allylic oxidation sites excluding steroid dienone is 1. The van der Waals surface area contributed by atoms with Crippen LogP contribution in [0.15, 0.2) is 81.7 Å². The highest BCUT2D eigenvalue weighted by atomic mass is 16.5. The predicted octanol–water partition coefficient (Wildman–Crippen LogP) is 6.03. The van der Waals surface area contributed by atoms with E-state index in [1.807, 2.05) is 72.8 Å². The third-order valence-electron chi connectivity index (χ3n) is 5.73. The predicted molar refractivity (Wildman–Crippen MR) is 117 cm³/mol. The first-order valence-electron chi connectivity index (χ1n) is 10.4. The largest absolute Gasteiger partial charge is 0.461 e. The van der Waals surface area contributed by atoms with Crippen LogP contribution in [0.25, 0.3) is 11.6 Å². The fourth-order valence-electron chi connectivity index (χ4n) is 3.89. The molecule has 0 amide bonds. The number of rotatable bonds is 6. The summed E-state index contributed by atoms with van der Waals surface area (Å²) in [4.78, 5) is 4.59. The van der Waals surface area contributed by atoms with Gasteiger partial charge in [-0.25, -0.2) is 0 Å². The molecule has 0 saturated heterocycles. The number of aromatic nitrogens is 2. The zero-order valence-corrected chi connectivity index (χ0v) is 17.1. The van der Waals surface area contributed by atoms with Gasteiger partial charge in [-0.15, -0.1) is 0 Å². The van der Waals surface area contributed by atoms with Crippen molar-refractivity contribution in [2.24, 2.45) is 5.92 Å². The molecule has 0 spiro atoms. The Morgan fingerprint density at radius 1 is 1.03 bits per heavy atom. The van der Waals surface area contributed by atoms with Gasteiger partial charge in [-0.1, -0.05) is 72.7 Å². The van der Waals surface area contributed by atoms with Crippen LogP contribution in [0.5, 0.6) is 0 Å². The maximum Gasteiger partial charge on any atom is 0.268 e. The summed E-state index contributed by atoms with van der Waals surface area (Å²) in [5, 5.41) is 13.9. The van der Waals surface area contributed by atoms with Gasteiger partial charge in [0.25, 0.3) is 5.89 Å². The van der Waals surface area contributed by atoms with Crippen LogP contribution in [0, 0.1) is 17.2 Å². The van der Waals surface area contributed by atoms with Gasteiger partial charge in [0.1, 0.15) is 23.2 Å². The van der Waals surface area contributed by atoms with Gasteiger partial charge >= 0.3 is 0 Å². The summed E-state index contributed by atoms with van der Waals surface area (Å²) >= 11 is 0. The molecule has 152 valence electrons. The lowest BCUT2D eigenvalue weighted by atomic mass is 9.91. The molecule has 2 aromatic heterocycles. The first-order valence-corrected chi connectivity index (χ1v) is 10.4. The topological polar surface area (TPSA) is 75.8 Å². The quantitative estimate of drug-likeness (QED) is 0.365. The molecule has 5 nitrogen and oxygen atoms in total. The molecule has 2 heterocycles. The van der Waals surface area contributed by atoms with Crippen LogP contribution in [-0.2, 0) is 0 Å². The molecular weight excluding hydrogens is 386 g/mol. The van der Waals surface area contributed by atoms with E-state index in [9.17, 15) is 5.26 Å². The average molecular weight is 407 g/mol. The monoisotopic (exact) mass is 407 g/mol. The average Bonchev–Trinajstić information content (AvgIpc) is 3.18. The van der Waals surface area contributed by atoms with E-state index in [1.165, 1.54) is 0 Å². The molecule has 0 N–H and O–H groups in total. The van der Waals surface area contributed by atoms with E-state index < -0.39 is 0 Å². The Balaban J connectivity index is 1.48. The molecule has 2 aromatic carbocycles. The van der Waals surface area contributed by atoms with E-state index in [0.717, 1.165) is 23.3 Å². The number of hydrogen-bond donors (Lipinski definition) is 0. The Morgan fingerprint density at radius 3 is 2.26 bits per heavy atom. The van der Waals surface area contributed by atoms with E-state index in [2.05, 4.69) is 23.1 Å². The number of hydrogen-bond acceptors (Lipinski definition) is 5. The molecule has 2 atom stereocenters. The molecule has 5 heteroatoms. The third kappa shape index (κ3) is 3.93. The second-order valence-electron chi connectivity index (χ2n) is 7.94. The van der Waals surface area contributed by atoms with E-state index in [-0.39, 0.29) is 17.4 Å². The summed E-state index contributed by atoms with van der Waals surface area (Å²) < 4.78 is 11.4. The Labute approximate surface area is 180 Å². The summed E-state index contributed by atoms with van der Waals surface area (Å²) in [6, 6.07) is 26.1. The van der Waals surface area contributed by atoms with Crippen LogP contribution in [0.2, 0.25) is 0 Å². The van der Waals surface area contributed by atoms with Crippen molar-refractivity contribution in [2.75, 3.05) is 0 Å². The number of furan rings is 1. The van der Waals surface area contributed by atoms with Crippen molar-refractivity contribution < 1.29 is 8.94 Å². The Morgan fingerprint density at radius 2 is 1.68 bits per heavy atom. The fraction of sp³-hybridized carbons (Fsp3) is 0.192. The highest BCUT2D eigenvalue weighted by Crippen LogP contribution is 2.47. The van der Waals surface area contributed by atoms with Crippen LogP contribution in [0.3, 0.4) is 0 Å². The second kappa shape index (κ2) is 8.08. The lowest BCUT2D eigenvalue weighted by Gasteiger charge is -2.13. The van der Waals surface area contributed by atoms with Crippen LogP contribution >= 0.6 is 0 Å². The van der Waals surface area contributed by atoms with Gasteiger partial charge in [0.2, 0.25) is 0 Å². The fourth-order valence-corrected chi connectivity index (χ4v) is 3.89. The smallest absolute Gasteiger partial charge is 0.268 e. The molecule has 1 aliphatic carbocycles. The summed E-state index contributed by atoms with van der Waals surface area (Å²) in [5.41, 5.74) is 2.39. The zero-order chi connectivity index (χ0) is 21.2. The highest BCUT2D eigenvalue weighted by molar-refractivity contribution is 5.85. The lowest BCUT2D eigenvalue weighted by molar-refractivity contribution is 0.400. The standard InChI is InChI=1S/C26H21N3O2/c1-17-14-22(17)23-13-12-21(30-23)15-20(16-27)26-28-25(29-31-26)24(18-8-4-2-5-9-18)19-10-6-3-7-11-19/h2-13,15,17,22,24H,14H2,1H3/b20-15+/t17-,22-/m1/s1. The molecular formula is C26H21N3O2. The third-order valence-corrected chi connectivity index (χ3v) is 5.73. The first-order chi connectivity index (χ1) is 15.2. The van der Waals surface area contributed by atoms with Gasteiger partial charge < -0.3 is 8.94 Å². The molecule has 0 unspecified atom stereocenters. The molecule has 0 aliphatic heterocycles. The van der Waals surface area contributed by atoms with Crippen molar-refractivity contribution in [1.29, 1.82) is 5.26 Å². The van der Waals surface area contributed by atoms with Crippen molar-refractivity contribution in [3.63, 3.8) is 0 Å². The molecule has 0 bridgehead atoms.